The fourth-order valence-electron chi connectivity index (χ4n) is 2.20. The Morgan fingerprint density at radius 2 is 2.20 bits per heavy atom. The maximum Gasteiger partial charge on any atom is 0.236 e. The van der Waals surface area contributed by atoms with Gasteiger partial charge in [-0.25, -0.2) is 0 Å². The summed E-state index contributed by atoms with van der Waals surface area (Å²) in [5.74, 6) is 0.187. The lowest BCUT2D eigenvalue weighted by atomic mass is 9.94. The number of hydrogen-bond acceptors (Lipinski definition) is 2. The third-order valence-corrected chi connectivity index (χ3v) is 3.30. The van der Waals surface area contributed by atoms with Crippen LogP contribution >= 0.6 is 11.6 Å². The number of halogens is 1. The van der Waals surface area contributed by atoms with Crippen LogP contribution in [0.2, 0.25) is 5.02 Å². The van der Waals surface area contributed by atoms with Gasteiger partial charge in [-0.3, -0.25) is 9.69 Å². The van der Waals surface area contributed by atoms with E-state index in [0.717, 1.165) is 12.1 Å². The number of ether oxygens (including phenoxy) is 1. The van der Waals surface area contributed by atoms with E-state index in [-0.39, 0.29) is 18.1 Å². The van der Waals surface area contributed by atoms with Gasteiger partial charge >= 0.3 is 0 Å². The lowest BCUT2D eigenvalue weighted by molar-refractivity contribution is -0.135. The Bertz CT molecular complexity index is 421. The standard InChI is InChI=1S/C11H10ClNO2/c12-8-3-1-2-4-9(8)13-10(14)7-5-6-15-11(7)13/h1-4,7,11H,5-6H2. The summed E-state index contributed by atoms with van der Waals surface area (Å²) in [5, 5.41) is 0.597. The van der Waals surface area contributed by atoms with E-state index in [4.69, 9.17) is 16.3 Å². The molecule has 15 heavy (non-hydrogen) atoms. The molecule has 3 rings (SSSR count). The molecule has 0 bridgehead atoms. The summed E-state index contributed by atoms with van der Waals surface area (Å²) in [4.78, 5) is 13.4. The summed E-state index contributed by atoms with van der Waals surface area (Å²) in [6.07, 6.45) is 0.752. The monoisotopic (exact) mass is 223 g/mol. The number of amides is 1. The van der Waals surface area contributed by atoms with Crippen LogP contribution in [0.1, 0.15) is 6.42 Å². The molecule has 1 amide bonds. The molecule has 0 aromatic heterocycles. The fraction of sp³-hybridized carbons (Fsp3) is 0.364. The molecular formula is C11H10ClNO2. The molecule has 2 aliphatic rings. The van der Waals surface area contributed by atoms with Gasteiger partial charge in [-0.1, -0.05) is 23.7 Å². The summed E-state index contributed by atoms with van der Waals surface area (Å²) in [5.41, 5.74) is 0.757. The molecule has 1 aromatic carbocycles. The molecule has 2 aliphatic heterocycles. The first-order valence-corrected chi connectivity index (χ1v) is 5.36. The van der Waals surface area contributed by atoms with E-state index >= 15 is 0 Å². The van der Waals surface area contributed by atoms with Crippen molar-refractivity contribution in [1.82, 2.24) is 0 Å². The molecule has 0 saturated carbocycles. The average Bonchev–Trinajstić information content (AvgIpc) is 2.65. The molecule has 0 N–H and O–H groups in total. The van der Waals surface area contributed by atoms with Crippen LogP contribution in [-0.2, 0) is 9.53 Å². The number of hydrogen-bond donors (Lipinski definition) is 0. The van der Waals surface area contributed by atoms with E-state index < -0.39 is 0 Å². The first kappa shape index (κ1) is 9.19. The summed E-state index contributed by atoms with van der Waals surface area (Å²) >= 11 is 6.04. The Kier molecular flexibility index (Phi) is 1.97. The van der Waals surface area contributed by atoms with E-state index in [1.807, 2.05) is 18.2 Å². The molecule has 2 unspecified atom stereocenters. The Labute approximate surface area is 92.6 Å². The Morgan fingerprint density at radius 1 is 1.40 bits per heavy atom. The van der Waals surface area contributed by atoms with Crippen LogP contribution in [-0.4, -0.2) is 18.7 Å². The van der Waals surface area contributed by atoms with Crippen molar-refractivity contribution in [3.05, 3.63) is 29.3 Å². The Hall–Kier alpha value is -1.06. The van der Waals surface area contributed by atoms with Gasteiger partial charge < -0.3 is 4.74 Å². The molecule has 2 atom stereocenters. The zero-order chi connectivity index (χ0) is 10.4. The molecule has 4 heteroatoms. The molecule has 78 valence electrons. The lowest BCUT2D eigenvalue weighted by Crippen LogP contribution is -2.59. The second-order valence-electron chi connectivity index (χ2n) is 3.82. The average molecular weight is 224 g/mol. The predicted octanol–water partition coefficient (Wildman–Crippen LogP) is 2.05. The van der Waals surface area contributed by atoms with Crippen molar-refractivity contribution < 1.29 is 9.53 Å². The summed E-state index contributed by atoms with van der Waals surface area (Å²) in [6, 6.07) is 7.35. The van der Waals surface area contributed by atoms with E-state index in [0.29, 0.717) is 11.6 Å². The van der Waals surface area contributed by atoms with Crippen molar-refractivity contribution in [3.8, 4) is 0 Å². The van der Waals surface area contributed by atoms with Crippen LogP contribution in [0, 0.1) is 5.92 Å². The number of β-lactam (4-membered cyclic amide) rings is 1. The van der Waals surface area contributed by atoms with Crippen molar-refractivity contribution in [1.29, 1.82) is 0 Å². The second kappa shape index (κ2) is 3.22. The van der Waals surface area contributed by atoms with Crippen molar-refractivity contribution >= 4 is 23.2 Å². The van der Waals surface area contributed by atoms with Crippen molar-refractivity contribution in [2.45, 2.75) is 12.6 Å². The van der Waals surface area contributed by atoms with Crippen LogP contribution in [0.15, 0.2) is 24.3 Å². The van der Waals surface area contributed by atoms with E-state index in [2.05, 4.69) is 0 Å². The van der Waals surface area contributed by atoms with Gasteiger partial charge in [-0.15, -0.1) is 0 Å². The minimum Gasteiger partial charge on any atom is -0.357 e. The second-order valence-corrected chi connectivity index (χ2v) is 4.22. The van der Waals surface area contributed by atoms with Gasteiger partial charge in [0, 0.05) is 0 Å². The highest BCUT2D eigenvalue weighted by molar-refractivity contribution is 6.34. The molecule has 1 aromatic rings. The van der Waals surface area contributed by atoms with Crippen LogP contribution in [0.5, 0.6) is 0 Å². The number of rotatable bonds is 1. The number of carbonyl (C=O) groups is 1. The Balaban J connectivity index is 1.96. The fourth-order valence-corrected chi connectivity index (χ4v) is 2.43. The number of nitrogens with zero attached hydrogens (tertiary/aromatic N) is 1. The zero-order valence-electron chi connectivity index (χ0n) is 8.02. The van der Waals surface area contributed by atoms with Gasteiger partial charge in [0.25, 0.3) is 0 Å². The van der Waals surface area contributed by atoms with E-state index in [1.54, 1.807) is 11.0 Å². The van der Waals surface area contributed by atoms with Crippen LogP contribution in [0.25, 0.3) is 0 Å². The smallest absolute Gasteiger partial charge is 0.236 e. The molecule has 2 saturated heterocycles. The van der Waals surface area contributed by atoms with Gasteiger partial charge in [0.15, 0.2) is 0 Å². The number of anilines is 1. The summed E-state index contributed by atoms with van der Waals surface area (Å²) in [6.45, 7) is 0.669. The highest BCUT2D eigenvalue weighted by atomic mass is 35.5. The first-order chi connectivity index (χ1) is 7.29. The van der Waals surface area contributed by atoms with Crippen molar-refractivity contribution in [2.75, 3.05) is 11.5 Å². The highest BCUT2D eigenvalue weighted by Gasteiger charge is 2.52. The van der Waals surface area contributed by atoms with Gasteiger partial charge in [-0.05, 0) is 18.6 Å². The van der Waals surface area contributed by atoms with Crippen LogP contribution in [0.4, 0.5) is 5.69 Å². The van der Waals surface area contributed by atoms with E-state index in [9.17, 15) is 4.79 Å². The lowest BCUT2D eigenvalue weighted by Gasteiger charge is -2.42. The minimum absolute atomic E-state index is 0.0567. The maximum atomic E-state index is 11.8. The number of fused-ring (bicyclic) bond motifs is 1. The Morgan fingerprint density at radius 3 is 3.00 bits per heavy atom. The van der Waals surface area contributed by atoms with E-state index in [1.165, 1.54) is 0 Å². The topological polar surface area (TPSA) is 29.5 Å². The molecule has 2 heterocycles. The van der Waals surface area contributed by atoms with Gasteiger partial charge in [-0.2, -0.15) is 0 Å². The van der Waals surface area contributed by atoms with Gasteiger partial charge in [0.1, 0.15) is 6.23 Å². The predicted molar refractivity (Wildman–Crippen MR) is 56.8 cm³/mol. The van der Waals surface area contributed by atoms with Gasteiger partial charge in [0.05, 0.1) is 23.2 Å². The number of para-hydroxylation sites is 1. The largest absolute Gasteiger partial charge is 0.357 e. The van der Waals surface area contributed by atoms with Crippen molar-refractivity contribution in [3.63, 3.8) is 0 Å². The molecule has 0 aliphatic carbocycles. The van der Waals surface area contributed by atoms with Crippen LogP contribution < -0.4 is 4.90 Å². The third kappa shape index (κ3) is 1.20. The summed E-state index contributed by atoms with van der Waals surface area (Å²) in [7, 11) is 0. The molecular weight excluding hydrogens is 214 g/mol. The third-order valence-electron chi connectivity index (χ3n) is 2.98. The molecule has 2 fully saturated rings. The maximum absolute atomic E-state index is 11.8. The minimum atomic E-state index is -0.0857. The van der Waals surface area contributed by atoms with Crippen molar-refractivity contribution in [2.24, 2.45) is 5.92 Å². The number of benzene rings is 1. The zero-order valence-corrected chi connectivity index (χ0v) is 8.78. The SMILES string of the molecule is O=C1C2CCOC2N1c1ccccc1Cl. The highest BCUT2D eigenvalue weighted by Crippen LogP contribution is 2.41. The number of carbonyl (C=O) groups excluding carboxylic acids is 1. The van der Waals surface area contributed by atoms with Gasteiger partial charge in [0.2, 0.25) is 5.91 Å². The first-order valence-electron chi connectivity index (χ1n) is 4.98. The molecule has 0 radical (unpaired) electrons. The summed E-state index contributed by atoms with van der Waals surface area (Å²) < 4.78 is 5.49. The molecule has 3 nitrogen and oxygen atoms in total. The van der Waals surface area contributed by atoms with Crippen LogP contribution in [0.3, 0.4) is 0 Å². The molecule has 0 spiro atoms. The normalized spacial score (nSPS) is 28.9. The quantitative estimate of drug-likeness (QED) is 0.682.